The van der Waals surface area contributed by atoms with Crippen molar-refractivity contribution < 1.29 is 17.7 Å². The highest BCUT2D eigenvalue weighted by molar-refractivity contribution is 5.77. The van der Waals surface area contributed by atoms with Gasteiger partial charge in [0.25, 0.3) is 5.56 Å². The first-order chi connectivity index (χ1) is 12.9. The molecule has 0 saturated heterocycles. The van der Waals surface area contributed by atoms with E-state index in [1.807, 2.05) is 0 Å². The van der Waals surface area contributed by atoms with Gasteiger partial charge in [-0.25, -0.2) is 0 Å². The van der Waals surface area contributed by atoms with E-state index in [4.69, 9.17) is 0 Å². The molecule has 4 heterocycles. The van der Waals surface area contributed by atoms with Gasteiger partial charge in [0, 0.05) is 35.6 Å². The molecule has 7 nitrogen and oxygen atoms in total. The summed E-state index contributed by atoms with van der Waals surface area (Å²) < 4.78 is 43.4. The standard InChI is InChI=1S/C17H10F3N5O2/c18-17(19,20)16-23-15(24-27-16)11-1-3-12(22-8-11)9-25-13-5-6-21-7-10(13)2-4-14(25)26/h1-8H,9H2. The molecule has 4 aromatic rings. The Morgan fingerprint density at radius 2 is 1.93 bits per heavy atom. The molecule has 4 aromatic heterocycles. The first-order valence-electron chi connectivity index (χ1n) is 7.71. The molecule has 0 saturated carbocycles. The highest BCUT2D eigenvalue weighted by atomic mass is 19.4. The van der Waals surface area contributed by atoms with E-state index in [0.717, 1.165) is 5.39 Å². The second kappa shape index (κ2) is 6.31. The zero-order valence-corrected chi connectivity index (χ0v) is 13.5. The minimum Gasteiger partial charge on any atom is -0.329 e. The number of hydrogen-bond acceptors (Lipinski definition) is 6. The van der Waals surface area contributed by atoms with Crippen molar-refractivity contribution in [2.75, 3.05) is 0 Å². The number of rotatable bonds is 3. The van der Waals surface area contributed by atoms with Crippen molar-refractivity contribution in [3.05, 3.63) is 70.9 Å². The molecule has 0 spiro atoms. The van der Waals surface area contributed by atoms with Gasteiger partial charge in [0.05, 0.1) is 17.8 Å². The lowest BCUT2D eigenvalue weighted by Gasteiger charge is -2.09. The smallest absolute Gasteiger partial charge is 0.329 e. The molecule has 0 aliphatic rings. The monoisotopic (exact) mass is 373 g/mol. The maximum atomic E-state index is 12.5. The van der Waals surface area contributed by atoms with Crippen LogP contribution in [-0.2, 0) is 12.7 Å². The van der Waals surface area contributed by atoms with Crippen LogP contribution in [0.1, 0.15) is 11.6 Å². The topological polar surface area (TPSA) is 86.7 Å². The van der Waals surface area contributed by atoms with Crippen molar-refractivity contribution in [2.24, 2.45) is 0 Å². The molecule has 0 aliphatic carbocycles. The Labute approximate surface area is 149 Å². The molecule has 0 bridgehead atoms. The third kappa shape index (κ3) is 3.28. The maximum Gasteiger partial charge on any atom is 0.471 e. The molecule has 0 unspecified atom stereocenters. The highest BCUT2D eigenvalue weighted by Gasteiger charge is 2.38. The number of alkyl halides is 3. The van der Waals surface area contributed by atoms with Gasteiger partial charge in [-0.2, -0.15) is 18.2 Å². The van der Waals surface area contributed by atoms with Crippen LogP contribution in [0.15, 0.2) is 58.2 Å². The zero-order chi connectivity index (χ0) is 19.0. The molecule has 0 radical (unpaired) electrons. The normalized spacial score (nSPS) is 11.8. The van der Waals surface area contributed by atoms with E-state index in [-0.39, 0.29) is 23.5 Å². The first kappa shape index (κ1) is 16.9. The fourth-order valence-electron chi connectivity index (χ4n) is 2.57. The summed E-state index contributed by atoms with van der Waals surface area (Å²) >= 11 is 0. The predicted octanol–water partition coefficient (Wildman–Crippen LogP) is 2.91. The van der Waals surface area contributed by atoms with Crippen molar-refractivity contribution in [1.29, 1.82) is 0 Å². The lowest BCUT2D eigenvalue weighted by Crippen LogP contribution is -2.20. The molecular weight excluding hydrogens is 363 g/mol. The van der Waals surface area contributed by atoms with Crippen LogP contribution in [0.25, 0.3) is 22.3 Å². The van der Waals surface area contributed by atoms with Crippen LogP contribution < -0.4 is 5.56 Å². The summed E-state index contributed by atoms with van der Waals surface area (Å²) in [5.41, 5.74) is 1.32. The van der Waals surface area contributed by atoms with Crippen molar-refractivity contribution in [1.82, 2.24) is 24.7 Å². The van der Waals surface area contributed by atoms with Crippen LogP contribution in [0.2, 0.25) is 0 Å². The Balaban J connectivity index is 1.63. The van der Waals surface area contributed by atoms with Crippen LogP contribution in [0.5, 0.6) is 0 Å². The van der Waals surface area contributed by atoms with Crippen LogP contribution >= 0.6 is 0 Å². The van der Waals surface area contributed by atoms with Crippen molar-refractivity contribution >= 4 is 10.9 Å². The number of pyridine rings is 3. The third-order valence-corrected chi connectivity index (χ3v) is 3.86. The van der Waals surface area contributed by atoms with E-state index >= 15 is 0 Å². The zero-order valence-electron chi connectivity index (χ0n) is 13.5. The number of nitrogens with zero attached hydrogens (tertiary/aromatic N) is 5. The number of hydrogen-bond donors (Lipinski definition) is 0. The number of halogens is 3. The summed E-state index contributed by atoms with van der Waals surface area (Å²) in [5.74, 6) is -1.63. The summed E-state index contributed by atoms with van der Waals surface area (Å²) in [7, 11) is 0. The molecule has 27 heavy (non-hydrogen) atoms. The number of aromatic nitrogens is 5. The Bertz CT molecular complexity index is 1170. The van der Waals surface area contributed by atoms with Gasteiger partial charge in [-0.15, -0.1) is 0 Å². The van der Waals surface area contributed by atoms with Crippen molar-refractivity contribution in [2.45, 2.75) is 12.7 Å². The second-order valence-electron chi connectivity index (χ2n) is 5.65. The summed E-state index contributed by atoms with van der Waals surface area (Å²) in [6, 6.07) is 7.96. The van der Waals surface area contributed by atoms with Gasteiger partial charge in [-0.3, -0.25) is 14.8 Å². The fourth-order valence-corrected chi connectivity index (χ4v) is 2.57. The molecule has 0 atom stereocenters. The molecule has 0 aromatic carbocycles. The van der Waals surface area contributed by atoms with E-state index in [2.05, 4.69) is 24.6 Å². The van der Waals surface area contributed by atoms with Crippen molar-refractivity contribution in [3.8, 4) is 11.4 Å². The molecule has 0 fully saturated rings. The Morgan fingerprint density at radius 1 is 1.07 bits per heavy atom. The Morgan fingerprint density at radius 3 is 2.63 bits per heavy atom. The third-order valence-electron chi connectivity index (χ3n) is 3.86. The molecule has 0 N–H and O–H groups in total. The van der Waals surface area contributed by atoms with E-state index in [1.165, 1.54) is 22.9 Å². The van der Waals surface area contributed by atoms with Gasteiger partial charge < -0.3 is 9.09 Å². The molecule has 10 heteroatoms. The minimum absolute atomic E-state index is 0.195. The van der Waals surface area contributed by atoms with Gasteiger partial charge in [0.15, 0.2) is 0 Å². The Kier molecular flexibility index (Phi) is 3.94. The van der Waals surface area contributed by atoms with Gasteiger partial charge in [-0.1, -0.05) is 5.16 Å². The molecular formula is C17H10F3N5O2. The quantitative estimate of drug-likeness (QED) is 0.549. The second-order valence-corrected chi connectivity index (χ2v) is 5.65. The van der Waals surface area contributed by atoms with Gasteiger partial charge in [-0.05, 0) is 24.3 Å². The summed E-state index contributed by atoms with van der Waals surface area (Å²) in [4.78, 5) is 23.7. The average Bonchev–Trinajstić information content (AvgIpc) is 3.15. The molecule has 4 rings (SSSR count). The minimum atomic E-state index is -4.71. The fraction of sp³-hybridized carbons (Fsp3) is 0.118. The largest absolute Gasteiger partial charge is 0.471 e. The van der Waals surface area contributed by atoms with Crippen LogP contribution in [0.3, 0.4) is 0 Å². The van der Waals surface area contributed by atoms with Gasteiger partial charge in [0.1, 0.15) is 0 Å². The van der Waals surface area contributed by atoms with E-state index in [1.54, 1.807) is 30.6 Å². The average molecular weight is 373 g/mol. The summed E-state index contributed by atoms with van der Waals surface area (Å²) in [5, 5.41) is 4.12. The highest BCUT2D eigenvalue weighted by Crippen LogP contribution is 2.29. The SMILES string of the molecule is O=c1ccc2cnccc2n1Cc1ccc(-c2noc(C(F)(F)F)n2)cn1. The van der Waals surface area contributed by atoms with Crippen LogP contribution in [-0.4, -0.2) is 24.7 Å². The number of fused-ring (bicyclic) bond motifs is 1. The Hall–Kier alpha value is -3.56. The van der Waals surface area contributed by atoms with Gasteiger partial charge in [0.2, 0.25) is 5.82 Å². The van der Waals surface area contributed by atoms with Gasteiger partial charge >= 0.3 is 12.1 Å². The van der Waals surface area contributed by atoms with E-state index < -0.39 is 12.1 Å². The van der Waals surface area contributed by atoms with Crippen LogP contribution in [0.4, 0.5) is 13.2 Å². The summed E-state index contributed by atoms with van der Waals surface area (Å²) in [6.07, 6.45) is -0.138. The molecule has 0 aliphatic heterocycles. The summed E-state index contributed by atoms with van der Waals surface area (Å²) in [6.45, 7) is 0.195. The van der Waals surface area contributed by atoms with E-state index in [0.29, 0.717) is 11.2 Å². The lowest BCUT2D eigenvalue weighted by molar-refractivity contribution is -0.159. The predicted molar refractivity (Wildman–Crippen MR) is 87.6 cm³/mol. The first-order valence-corrected chi connectivity index (χ1v) is 7.71. The lowest BCUT2D eigenvalue weighted by atomic mass is 10.2. The molecule has 0 amide bonds. The maximum absolute atomic E-state index is 12.5. The van der Waals surface area contributed by atoms with Crippen molar-refractivity contribution in [3.63, 3.8) is 0 Å². The van der Waals surface area contributed by atoms with Crippen LogP contribution in [0, 0.1) is 0 Å². The molecule has 136 valence electrons. The van der Waals surface area contributed by atoms with E-state index in [9.17, 15) is 18.0 Å².